The van der Waals surface area contributed by atoms with Crippen LogP contribution in [0.3, 0.4) is 0 Å². The number of hydrogen-bond donors (Lipinski definition) is 1. The van der Waals surface area contributed by atoms with E-state index < -0.39 is 30.7 Å². The number of ether oxygens (including phenoxy) is 1. The van der Waals surface area contributed by atoms with Crippen molar-refractivity contribution in [1.29, 1.82) is 0 Å². The molecule has 190 valence electrons. The third-order valence-corrected chi connectivity index (χ3v) is 7.23. The lowest BCUT2D eigenvalue weighted by Crippen LogP contribution is -2.54. The molecule has 2 aromatic rings. The van der Waals surface area contributed by atoms with Crippen molar-refractivity contribution >= 4 is 23.8 Å². The third kappa shape index (κ3) is 5.75. The zero-order valence-electron chi connectivity index (χ0n) is 20.7. The Morgan fingerprint density at radius 1 is 1.03 bits per heavy atom. The summed E-state index contributed by atoms with van der Waals surface area (Å²) in [6, 6.07) is 18.9. The summed E-state index contributed by atoms with van der Waals surface area (Å²) in [5, 5.41) is 2.82. The molecule has 1 N–H and O–H groups in total. The summed E-state index contributed by atoms with van der Waals surface area (Å²) in [6.07, 6.45) is 3.94. The van der Waals surface area contributed by atoms with Crippen LogP contribution < -0.4 is 5.32 Å². The highest BCUT2D eigenvalue weighted by Crippen LogP contribution is 2.38. The Morgan fingerprint density at radius 3 is 2.36 bits per heavy atom. The molecule has 0 aromatic heterocycles. The molecule has 1 saturated heterocycles. The van der Waals surface area contributed by atoms with E-state index in [-0.39, 0.29) is 17.7 Å². The summed E-state index contributed by atoms with van der Waals surface area (Å²) in [5.41, 5.74) is 1.14. The fourth-order valence-electron chi connectivity index (χ4n) is 5.05. The standard InChI is InChI=1S/C28H33N3O5/c1-21-10-8-9-16-28(21)26(34)31(27(35)29-28)19-25(33)36-20-24(32)30(18-23-13-6-3-7-14-23)17-15-22-11-4-2-5-12-22/h2-7,11-14,21H,8-10,15-20H2,1H3,(H,29,35). The first-order valence-electron chi connectivity index (χ1n) is 12.5. The van der Waals surface area contributed by atoms with Gasteiger partial charge in [-0.15, -0.1) is 0 Å². The van der Waals surface area contributed by atoms with Crippen LogP contribution in [0.5, 0.6) is 0 Å². The monoisotopic (exact) mass is 491 g/mol. The number of carbonyl (C=O) groups is 4. The van der Waals surface area contributed by atoms with Gasteiger partial charge < -0.3 is 15.0 Å². The molecule has 8 heteroatoms. The molecule has 36 heavy (non-hydrogen) atoms. The van der Waals surface area contributed by atoms with Crippen LogP contribution in [0.15, 0.2) is 60.7 Å². The maximum atomic E-state index is 13.1. The van der Waals surface area contributed by atoms with Crippen molar-refractivity contribution in [2.45, 2.75) is 51.1 Å². The minimum Gasteiger partial charge on any atom is -0.454 e. The van der Waals surface area contributed by atoms with Crippen molar-refractivity contribution in [3.63, 3.8) is 0 Å². The van der Waals surface area contributed by atoms with Gasteiger partial charge in [0.15, 0.2) is 6.61 Å². The molecule has 8 nitrogen and oxygen atoms in total. The maximum Gasteiger partial charge on any atom is 0.326 e. The van der Waals surface area contributed by atoms with Crippen LogP contribution in [0.25, 0.3) is 0 Å². The van der Waals surface area contributed by atoms with Crippen LogP contribution >= 0.6 is 0 Å². The van der Waals surface area contributed by atoms with Gasteiger partial charge in [-0.3, -0.25) is 19.3 Å². The summed E-state index contributed by atoms with van der Waals surface area (Å²) in [4.78, 5) is 53.7. The first-order chi connectivity index (χ1) is 17.4. The molecule has 2 aromatic carbocycles. The second-order valence-corrected chi connectivity index (χ2v) is 9.64. The Morgan fingerprint density at radius 2 is 1.69 bits per heavy atom. The number of esters is 1. The van der Waals surface area contributed by atoms with Gasteiger partial charge in [0.05, 0.1) is 0 Å². The maximum absolute atomic E-state index is 13.1. The van der Waals surface area contributed by atoms with Gasteiger partial charge in [-0.25, -0.2) is 4.79 Å². The van der Waals surface area contributed by atoms with Crippen LogP contribution in [0.2, 0.25) is 0 Å². The summed E-state index contributed by atoms with van der Waals surface area (Å²) in [7, 11) is 0. The second-order valence-electron chi connectivity index (χ2n) is 9.64. The molecule has 1 aliphatic carbocycles. The summed E-state index contributed by atoms with van der Waals surface area (Å²) >= 11 is 0. The van der Waals surface area contributed by atoms with E-state index in [9.17, 15) is 19.2 Å². The molecule has 4 rings (SSSR count). The van der Waals surface area contributed by atoms with Crippen molar-refractivity contribution in [3.8, 4) is 0 Å². The average Bonchev–Trinajstić information content (AvgIpc) is 3.12. The molecule has 0 radical (unpaired) electrons. The van der Waals surface area contributed by atoms with Gasteiger partial charge in [0, 0.05) is 13.1 Å². The average molecular weight is 492 g/mol. The van der Waals surface area contributed by atoms with E-state index in [4.69, 9.17) is 4.74 Å². The lowest BCUT2D eigenvalue weighted by Gasteiger charge is -2.36. The van der Waals surface area contributed by atoms with Crippen LogP contribution in [0, 0.1) is 5.92 Å². The highest BCUT2D eigenvalue weighted by atomic mass is 16.5. The Bertz CT molecular complexity index is 1090. The Labute approximate surface area is 211 Å². The van der Waals surface area contributed by atoms with E-state index in [1.807, 2.05) is 67.6 Å². The van der Waals surface area contributed by atoms with Gasteiger partial charge in [0.1, 0.15) is 12.1 Å². The minimum absolute atomic E-state index is 0.00135. The highest BCUT2D eigenvalue weighted by molar-refractivity contribution is 6.09. The van der Waals surface area contributed by atoms with E-state index >= 15 is 0 Å². The molecule has 2 aliphatic rings. The van der Waals surface area contributed by atoms with Gasteiger partial charge in [-0.1, -0.05) is 80.4 Å². The quantitative estimate of drug-likeness (QED) is 0.429. The largest absolute Gasteiger partial charge is 0.454 e. The van der Waals surface area contributed by atoms with Crippen LogP contribution in [0.1, 0.15) is 43.7 Å². The van der Waals surface area contributed by atoms with Crippen LogP contribution in [-0.4, -0.2) is 58.8 Å². The lowest BCUT2D eigenvalue weighted by atomic mass is 9.73. The van der Waals surface area contributed by atoms with E-state index in [1.165, 1.54) is 0 Å². The molecule has 2 fully saturated rings. The molecular weight excluding hydrogens is 458 g/mol. The van der Waals surface area contributed by atoms with E-state index in [0.717, 1.165) is 35.3 Å². The topological polar surface area (TPSA) is 96.0 Å². The molecule has 1 heterocycles. The fraction of sp³-hybridized carbons (Fsp3) is 0.429. The molecule has 2 unspecified atom stereocenters. The molecule has 4 amide bonds. The predicted molar refractivity (Wildman–Crippen MR) is 134 cm³/mol. The van der Waals surface area contributed by atoms with Gasteiger partial charge in [0.2, 0.25) is 0 Å². The second kappa shape index (κ2) is 11.4. The molecule has 0 bridgehead atoms. The first-order valence-corrected chi connectivity index (χ1v) is 12.5. The third-order valence-electron chi connectivity index (χ3n) is 7.23. The molecular formula is C28H33N3O5. The molecule has 2 atom stereocenters. The highest BCUT2D eigenvalue weighted by Gasteiger charge is 2.55. The summed E-state index contributed by atoms with van der Waals surface area (Å²) in [6.45, 7) is 1.84. The Balaban J connectivity index is 1.34. The summed E-state index contributed by atoms with van der Waals surface area (Å²) < 4.78 is 5.23. The van der Waals surface area contributed by atoms with Gasteiger partial charge in [0.25, 0.3) is 11.8 Å². The number of imide groups is 1. The SMILES string of the molecule is CC1CCCCC12NC(=O)N(CC(=O)OCC(=O)N(CCc1ccccc1)Cc1ccccc1)C2=O. The van der Waals surface area contributed by atoms with Crippen LogP contribution in [0.4, 0.5) is 4.79 Å². The van der Waals surface area contributed by atoms with Crippen LogP contribution in [-0.2, 0) is 32.1 Å². The van der Waals surface area contributed by atoms with Crippen molar-refractivity contribution in [2.75, 3.05) is 19.7 Å². The van der Waals surface area contributed by atoms with E-state index in [2.05, 4.69) is 5.32 Å². The number of carbonyl (C=O) groups excluding carboxylic acids is 4. The molecule has 1 aliphatic heterocycles. The number of rotatable bonds is 9. The normalized spacial score (nSPS) is 21.4. The first kappa shape index (κ1) is 25.4. The number of nitrogens with zero attached hydrogens (tertiary/aromatic N) is 2. The van der Waals surface area contributed by atoms with Crippen molar-refractivity contribution < 1.29 is 23.9 Å². The molecule has 1 spiro atoms. The van der Waals surface area contributed by atoms with Gasteiger partial charge in [-0.2, -0.15) is 0 Å². The van der Waals surface area contributed by atoms with Crippen molar-refractivity contribution in [2.24, 2.45) is 5.92 Å². The summed E-state index contributed by atoms with van der Waals surface area (Å²) in [5.74, 6) is -1.49. The van der Waals surface area contributed by atoms with E-state index in [1.54, 1.807) is 4.90 Å². The zero-order valence-corrected chi connectivity index (χ0v) is 20.7. The van der Waals surface area contributed by atoms with E-state index in [0.29, 0.717) is 25.9 Å². The number of benzene rings is 2. The van der Waals surface area contributed by atoms with Gasteiger partial charge in [-0.05, 0) is 36.3 Å². The molecule has 1 saturated carbocycles. The fourth-order valence-corrected chi connectivity index (χ4v) is 5.05. The smallest absolute Gasteiger partial charge is 0.326 e. The van der Waals surface area contributed by atoms with Gasteiger partial charge >= 0.3 is 12.0 Å². The Hall–Kier alpha value is -3.68. The lowest BCUT2D eigenvalue weighted by molar-refractivity contribution is -0.154. The number of amides is 4. The number of hydrogen-bond acceptors (Lipinski definition) is 5. The Kier molecular flexibility index (Phi) is 8.03. The van der Waals surface area contributed by atoms with Crippen molar-refractivity contribution in [1.82, 2.24) is 15.1 Å². The zero-order chi connectivity index (χ0) is 25.5. The van der Waals surface area contributed by atoms with Crippen molar-refractivity contribution in [3.05, 3.63) is 71.8 Å². The predicted octanol–water partition coefficient (Wildman–Crippen LogP) is 3.30. The number of urea groups is 1. The number of nitrogens with one attached hydrogen (secondary N) is 1. The minimum atomic E-state index is -0.935.